The molecule has 4 atom stereocenters. The van der Waals surface area contributed by atoms with Crippen molar-refractivity contribution in [2.75, 3.05) is 23.9 Å². The van der Waals surface area contributed by atoms with Gasteiger partial charge in [0.25, 0.3) is 0 Å². The minimum atomic E-state index is -0.353. The van der Waals surface area contributed by atoms with Gasteiger partial charge in [-0.1, -0.05) is 26.7 Å². The van der Waals surface area contributed by atoms with E-state index in [1.165, 1.54) is 12.8 Å². The van der Waals surface area contributed by atoms with Gasteiger partial charge in [0, 0.05) is 30.8 Å². The zero-order valence-corrected chi connectivity index (χ0v) is 17.5. The number of methoxy groups -OCH3 is 1. The van der Waals surface area contributed by atoms with Gasteiger partial charge in [0.15, 0.2) is 0 Å². The monoisotopic (exact) mass is 387 g/mol. The van der Waals surface area contributed by atoms with Gasteiger partial charge in [-0.15, -0.1) is 0 Å². The van der Waals surface area contributed by atoms with Crippen LogP contribution in [0.2, 0.25) is 0 Å². The van der Waals surface area contributed by atoms with Crippen molar-refractivity contribution in [3.8, 4) is 5.75 Å². The molecule has 2 aliphatic rings. The lowest BCUT2D eigenvalue weighted by atomic mass is 9.78. The molecule has 28 heavy (non-hydrogen) atoms. The molecule has 2 fully saturated rings. The molecule has 2 amide bonds. The van der Waals surface area contributed by atoms with Crippen molar-refractivity contribution in [1.29, 1.82) is 0 Å². The molecule has 0 bridgehead atoms. The number of benzene rings is 1. The maximum Gasteiger partial charge on any atom is 0.242 e. The average Bonchev–Trinajstić information content (AvgIpc) is 3.11. The van der Waals surface area contributed by atoms with Crippen LogP contribution in [0, 0.1) is 11.8 Å². The zero-order chi connectivity index (χ0) is 20.3. The third kappa shape index (κ3) is 4.42. The summed E-state index contributed by atoms with van der Waals surface area (Å²) in [6.07, 6.45) is 4.92. The highest BCUT2D eigenvalue weighted by molar-refractivity contribution is 5.97. The first-order chi connectivity index (χ1) is 13.4. The Kier molecular flexibility index (Phi) is 6.47. The van der Waals surface area contributed by atoms with E-state index in [4.69, 9.17) is 4.74 Å². The van der Waals surface area contributed by atoms with E-state index in [0.29, 0.717) is 24.0 Å². The number of ether oxygens (including phenoxy) is 1. The van der Waals surface area contributed by atoms with Gasteiger partial charge >= 0.3 is 0 Å². The van der Waals surface area contributed by atoms with E-state index in [2.05, 4.69) is 24.5 Å². The van der Waals surface area contributed by atoms with Crippen molar-refractivity contribution in [2.45, 2.75) is 65.0 Å². The van der Waals surface area contributed by atoms with Crippen LogP contribution in [-0.2, 0) is 9.59 Å². The van der Waals surface area contributed by atoms with Gasteiger partial charge in [0.1, 0.15) is 11.8 Å². The highest BCUT2D eigenvalue weighted by Gasteiger charge is 2.29. The minimum absolute atomic E-state index is 0.0173. The van der Waals surface area contributed by atoms with Crippen LogP contribution < -0.4 is 20.3 Å². The van der Waals surface area contributed by atoms with Gasteiger partial charge in [0.05, 0.1) is 12.8 Å². The molecule has 1 aliphatic carbocycles. The topological polar surface area (TPSA) is 70.7 Å². The summed E-state index contributed by atoms with van der Waals surface area (Å²) in [4.78, 5) is 26.5. The molecule has 1 aromatic carbocycles. The van der Waals surface area contributed by atoms with Gasteiger partial charge < -0.3 is 20.3 Å². The molecule has 154 valence electrons. The number of anilines is 2. The molecule has 0 spiro atoms. The third-order valence-corrected chi connectivity index (χ3v) is 6.35. The second-order valence-corrected chi connectivity index (χ2v) is 8.28. The molecule has 1 saturated heterocycles. The number of hydrogen-bond donors (Lipinski definition) is 2. The second-order valence-electron chi connectivity index (χ2n) is 8.28. The van der Waals surface area contributed by atoms with Crippen molar-refractivity contribution in [1.82, 2.24) is 5.32 Å². The van der Waals surface area contributed by atoms with Gasteiger partial charge in [-0.25, -0.2) is 0 Å². The number of carbonyl (C=O) groups is 2. The number of nitrogens with zero attached hydrogens (tertiary/aromatic N) is 1. The van der Waals surface area contributed by atoms with Crippen LogP contribution in [-0.4, -0.2) is 37.6 Å². The van der Waals surface area contributed by atoms with E-state index in [0.717, 1.165) is 30.8 Å². The smallest absolute Gasteiger partial charge is 0.242 e. The third-order valence-electron chi connectivity index (χ3n) is 6.35. The van der Waals surface area contributed by atoms with Crippen molar-refractivity contribution in [3.05, 3.63) is 18.2 Å². The van der Waals surface area contributed by atoms with Crippen LogP contribution >= 0.6 is 0 Å². The molecule has 0 radical (unpaired) electrons. The fourth-order valence-electron chi connectivity index (χ4n) is 4.30. The Morgan fingerprint density at radius 2 is 2.04 bits per heavy atom. The Hall–Kier alpha value is -2.24. The number of amides is 2. The molecule has 1 saturated carbocycles. The first-order valence-corrected chi connectivity index (χ1v) is 10.5. The van der Waals surface area contributed by atoms with Crippen LogP contribution in [0.3, 0.4) is 0 Å². The highest BCUT2D eigenvalue weighted by Crippen LogP contribution is 2.34. The number of hydrogen-bond acceptors (Lipinski definition) is 4. The molecular formula is C22H33N3O3. The number of rotatable bonds is 6. The van der Waals surface area contributed by atoms with Crippen LogP contribution in [0.4, 0.5) is 11.4 Å². The molecule has 1 aliphatic heterocycles. The second kappa shape index (κ2) is 8.84. The lowest BCUT2D eigenvalue weighted by molar-refractivity contribution is -0.123. The van der Waals surface area contributed by atoms with Gasteiger partial charge in [-0.3, -0.25) is 9.59 Å². The Balaban J connectivity index is 1.64. The molecule has 6 heteroatoms. The summed E-state index contributed by atoms with van der Waals surface area (Å²) < 4.78 is 5.50. The highest BCUT2D eigenvalue weighted by atomic mass is 16.5. The Morgan fingerprint density at radius 1 is 1.25 bits per heavy atom. The van der Waals surface area contributed by atoms with E-state index in [1.54, 1.807) is 12.0 Å². The lowest BCUT2D eigenvalue weighted by Crippen LogP contribution is -2.48. The number of carbonyl (C=O) groups excluding carboxylic acids is 2. The van der Waals surface area contributed by atoms with Crippen LogP contribution in [0.1, 0.15) is 52.9 Å². The molecule has 3 rings (SSSR count). The quantitative estimate of drug-likeness (QED) is 0.783. The predicted octanol–water partition coefficient (Wildman–Crippen LogP) is 3.56. The van der Waals surface area contributed by atoms with E-state index in [1.807, 2.05) is 25.1 Å². The fourth-order valence-corrected chi connectivity index (χ4v) is 4.30. The van der Waals surface area contributed by atoms with Crippen molar-refractivity contribution in [3.63, 3.8) is 0 Å². The van der Waals surface area contributed by atoms with E-state index in [9.17, 15) is 9.59 Å². The van der Waals surface area contributed by atoms with Crippen molar-refractivity contribution < 1.29 is 14.3 Å². The Labute approximate surface area is 168 Å². The molecule has 1 heterocycles. The fraction of sp³-hybridized carbons (Fsp3) is 0.636. The first-order valence-electron chi connectivity index (χ1n) is 10.5. The maximum absolute atomic E-state index is 12.7. The van der Waals surface area contributed by atoms with Crippen LogP contribution in [0.25, 0.3) is 0 Å². The van der Waals surface area contributed by atoms with Gasteiger partial charge in [-0.2, -0.15) is 0 Å². The summed E-state index contributed by atoms with van der Waals surface area (Å²) in [5, 5.41) is 6.49. The summed E-state index contributed by atoms with van der Waals surface area (Å²) >= 11 is 0. The van der Waals surface area contributed by atoms with Crippen molar-refractivity contribution >= 4 is 23.2 Å². The maximum atomic E-state index is 12.7. The predicted molar refractivity (Wildman–Crippen MR) is 112 cm³/mol. The standard InChI is InChI=1S/C22H33N3O3/c1-14-7-5-8-18(15(14)2)24-22(27)16(3)23-17-10-11-19(20(13-17)28-4)25-12-6-9-21(25)26/h10-11,13-16,18,23H,5-9,12H2,1-4H3,(H,24,27). The largest absolute Gasteiger partial charge is 0.494 e. The average molecular weight is 388 g/mol. The summed E-state index contributed by atoms with van der Waals surface area (Å²) in [7, 11) is 1.60. The summed E-state index contributed by atoms with van der Waals surface area (Å²) in [6.45, 7) is 7.09. The molecule has 1 aromatic rings. The summed E-state index contributed by atoms with van der Waals surface area (Å²) in [5.74, 6) is 1.93. The number of nitrogens with one attached hydrogen (secondary N) is 2. The Morgan fingerprint density at radius 3 is 2.71 bits per heavy atom. The minimum Gasteiger partial charge on any atom is -0.494 e. The molecule has 2 N–H and O–H groups in total. The normalized spacial score (nSPS) is 26.1. The molecule has 0 aromatic heterocycles. The van der Waals surface area contributed by atoms with Gasteiger partial charge in [0.2, 0.25) is 11.8 Å². The molecular weight excluding hydrogens is 354 g/mol. The van der Waals surface area contributed by atoms with E-state index in [-0.39, 0.29) is 23.9 Å². The molecule has 4 unspecified atom stereocenters. The van der Waals surface area contributed by atoms with Gasteiger partial charge in [-0.05, 0) is 43.7 Å². The lowest BCUT2D eigenvalue weighted by Gasteiger charge is -2.35. The van der Waals surface area contributed by atoms with Crippen molar-refractivity contribution in [2.24, 2.45) is 11.8 Å². The SMILES string of the molecule is COc1cc(NC(C)C(=O)NC2CCCC(C)C2C)ccc1N1CCCC1=O. The van der Waals surface area contributed by atoms with Crippen LogP contribution in [0.5, 0.6) is 5.75 Å². The van der Waals surface area contributed by atoms with E-state index >= 15 is 0 Å². The van der Waals surface area contributed by atoms with Crippen LogP contribution in [0.15, 0.2) is 18.2 Å². The zero-order valence-electron chi connectivity index (χ0n) is 17.5. The molecule has 6 nitrogen and oxygen atoms in total. The summed E-state index contributed by atoms with van der Waals surface area (Å²) in [6, 6.07) is 5.54. The summed E-state index contributed by atoms with van der Waals surface area (Å²) in [5.41, 5.74) is 1.60. The first kappa shape index (κ1) is 20.5. The van der Waals surface area contributed by atoms with E-state index < -0.39 is 0 Å². The Bertz CT molecular complexity index is 721.